The summed E-state index contributed by atoms with van der Waals surface area (Å²) in [5.74, 6) is -2.99. The van der Waals surface area contributed by atoms with Crippen molar-refractivity contribution in [3.63, 3.8) is 0 Å². The average Bonchev–Trinajstić information content (AvgIpc) is 4.01. The first-order chi connectivity index (χ1) is 27.4. The molecule has 4 aromatic heterocycles. The predicted molar refractivity (Wildman–Crippen MR) is 206 cm³/mol. The third-order valence-electron chi connectivity index (χ3n) is 9.82. The third-order valence-corrected chi connectivity index (χ3v) is 9.82. The molecule has 5 atom stereocenters. The fourth-order valence-electron chi connectivity index (χ4n) is 6.98. The van der Waals surface area contributed by atoms with Crippen LogP contribution in [0.5, 0.6) is 0 Å². The van der Waals surface area contributed by atoms with E-state index in [2.05, 4.69) is 35.9 Å². The number of esters is 1. The lowest BCUT2D eigenvalue weighted by molar-refractivity contribution is -0.159. The van der Waals surface area contributed by atoms with E-state index < -0.39 is 48.1 Å². The highest BCUT2D eigenvalue weighted by molar-refractivity contribution is 5.95. The van der Waals surface area contributed by atoms with Gasteiger partial charge in [-0.25, -0.2) is 19.2 Å². The number of aromatic amines is 1. The van der Waals surface area contributed by atoms with Crippen LogP contribution in [0.2, 0.25) is 0 Å². The molecule has 0 aromatic carbocycles. The molecule has 5 unspecified atom stereocenters. The summed E-state index contributed by atoms with van der Waals surface area (Å²) >= 11 is 0. The minimum Gasteiger partial charge on any atom is -0.460 e. The van der Waals surface area contributed by atoms with Crippen LogP contribution in [0, 0.1) is 11.8 Å². The Morgan fingerprint density at radius 2 is 2.04 bits per heavy atom. The summed E-state index contributed by atoms with van der Waals surface area (Å²) < 4.78 is 28.0. The van der Waals surface area contributed by atoms with Crippen molar-refractivity contribution in [3.8, 4) is 11.3 Å². The van der Waals surface area contributed by atoms with Gasteiger partial charge in [0.25, 0.3) is 5.91 Å². The van der Waals surface area contributed by atoms with Crippen LogP contribution in [0.4, 0.5) is 4.39 Å². The first kappa shape index (κ1) is 40.7. The van der Waals surface area contributed by atoms with Gasteiger partial charge in [-0.2, -0.15) is 0 Å². The Labute approximate surface area is 328 Å². The van der Waals surface area contributed by atoms with Crippen LogP contribution in [0.1, 0.15) is 62.8 Å². The molecule has 4 N–H and O–H groups in total. The van der Waals surface area contributed by atoms with E-state index in [-0.39, 0.29) is 62.3 Å². The molecule has 16 nitrogen and oxygen atoms in total. The SMILES string of the molecule is CC1=CC(O)CC(F)Cc2nc(co2)C(=O)N2CCCC2C(=O)OC(C(C)C)C(CC(=O)NCCn2cc(-c3cnc4[nH]ccc4c3)nn2)/C=C/C(=O)NCC=C1. The molecule has 1 saturated heterocycles. The van der Waals surface area contributed by atoms with Gasteiger partial charge in [0.2, 0.25) is 11.8 Å². The Balaban J connectivity index is 1.16. The number of hydrogen-bond donors (Lipinski definition) is 4. The normalized spacial score (nSPS) is 23.5. The molecule has 0 aliphatic carbocycles. The largest absolute Gasteiger partial charge is 0.460 e. The van der Waals surface area contributed by atoms with Crippen molar-refractivity contribution in [1.82, 2.24) is 45.5 Å². The molecule has 3 amide bonds. The summed E-state index contributed by atoms with van der Waals surface area (Å²) in [6, 6.07) is 2.95. The maximum Gasteiger partial charge on any atom is 0.329 e. The average molecular weight is 786 g/mol. The van der Waals surface area contributed by atoms with Crippen molar-refractivity contribution in [2.45, 2.75) is 83.8 Å². The summed E-state index contributed by atoms with van der Waals surface area (Å²) in [5.41, 5.74) is 2.80. The number of halogens is 1. The van der Waals surface area contributed by atoms with Crippen molar-refractivity contribution in [2.75, 3.05) is 19.6 Å². The number of fused-ring (bicyclic) bond motifs is 4. The van der Waals surface area contributed by atoms with Crippen LogP contribution >= 0.6 is 0 Å². The van der Waals surface area contributed by atoms with Crippen molar-refractivity contribution >= 4 is 34.7 Å². The molecule has 6 heterocycles. The summed E-state index contributed by atoms with van der Waals surface area (Å²) in [6.45, 7) is 6.41. The number of cyclic esters (lactones) is 1. The highest BCUT2D eigenvalue weighted by atomic mass is 19.1. The minimum atomic E-state index is -1.50. The summed E-state index contributed by atoms with van der Waals surface area (Å²) in [4.78, 5) is 66.7. The van der Waals surface area contributed by atoms with Gasteiger partial charge in [-0.3, -0.25) is 19.1 Å². The van der Waals surface area contributed by atoms with Crippen LogP contribution in [0.15, 0.2) is 77.4 Å². The van der Waals surface area contributed by atoms with Crippen LogP contribution in [-0.2, 0) is 32.1 Å². The molecule has 0 spiro atoms. The zero-order valence-electron chi connectivity index (χ0n) is 32.1. The van der Waals surface area contributed by atoms with E-state index in [1.54, 1.807) is 42.2 Å². The zero-order valence-corrected chi connectivity index (χ0v) is 32.1. The van der Waals surface area contributed by atoms with Crippen molar-refractivity contribution in [1.29, 1.82) is 0 Å². The molecule has 17 heteroatoms. The van der Waals surface area contributed by atoms with Gasteiger partial charge in [0, 0.05) is 61.7 Å². The fraction of sp³-hybridized carbons (Fsp3) is 0.450. The Morgan fingerprint density at radius 3 is 2.86 bits per heavy atom. The molecular formula is C40H48FN9O7. The second-order valence-corrected chi connectivity index (χ2v) is 14.7. The van der Waals surface area contributed by atoms with Gasteiger partial charge in [0.1, 0.15) is 35.9 Å². The van der Waals surface area contributed by atoms with Gasteiger partial charge >= 0.3 is 5.97 Å². The molecule has 302 valence electrons. The van der Waals surface area contributed by atoms with Crippen LogP contribution < -0.4 is 10.6 Å². The number of allylic oxidation sites excluding steroid dienone is 2. The number of H-pyrrole nitrogens is 1. The van der Waals surface area contributed by atoms with Gasteiger partial charge in [-0.05, 0) is 43.9 Å². The second-order valence-electron chi connectivity index (χ2n) is 14.7. The molecule has 2 aliphatic rings. The zero-order chi connectivity index (χ0) is 40.5. The number of alkyl halides is 1. The second kappa shape index (κ2) is 18.8. The molecule has 57 heavy (non-hydrogen) atoms. The van der Waals surface area contributed by atoms with E-state index in [0.29, 0.717) is 30.7 Å². The number of rotatable bonds is 7. The Hall–Kier alpha value is -5.97. The number of carbonyl (C=O) groups is 4. The molecule has 1 fully saturated rings. The van der Waals surface area contributed by atoms with E-state index in [1.165, 1.54) is 17.1 Å². The van der Waals surface area contributed by atoms with Crippen LogP contribution in [-0.4, -0.2) is 108 Å². The van der Waals surface area contributed by atoms with E-state index >= 15 is 0 Å². The molecule has 0 radical (unpaired) electrons. The number of hydrogen-bond acceptors (Lipinski definition) is 11. The maximum atomic E-state index is 14.9. The quantitative estimate of drug-likeness (QED) is 0.199. The molecular weight excluding hydrogens is 737 g/mol. The molecule has 4 aromatic rings. The van der Waals surface area contributed by atoms with Gasteiger partial charge in [0.15, 0.2) is 11.6 Å². The maximum absolute atomic E-state index is 14.9. The van der Waals surface area contributed by atoms with Crippen molar-refractivity contribution in [3.05, 3.63) is 84.5 Å². The first-order valence-electron chi connectivity index (χ1n) is 19.1. The summed E-state index contributed by atoms with van der Waals surface area (Å²) in [5, 5.41) is 25.4. The molecule has 0 saturated carbocycles. The number of carbonyl (C=O) groups excluding carboxylic acids is 4. The van der Waals surface area contributed by atoms with E-state index in [0.717, 1.165) is 22.9 Å². The van der Waals surface area contributed by atoms with E-state index in [9.17, 15) is 28.7 Å². The first-order valence-corrected chi connectivity index (χ1v) is 19.1. The van der Waals surface area contributed by atoms with Crippen molar-refractivity contribution < 1.29 is 37.8 Å². The topological polar surface area (TPSA) is 210 Å². The van der Waals surface area contributed by atoms with Gasteiger partial charge in [-0.1, -0.05) is 48.9 Å². The standard InChI is InChI=1S/C40H48FN9O7/c1-24(2)37-26(18-35(53)43-13-15-49-22-31(47-48-49)28-17-27-10-12-44-38(27)45-21-28)8-9-34(52)42-11-4-6-25(3)16-30(51)19-29(41)20-36-46-32(23-56-36)39(54)50-14-5-7-33(50)40(55)57-37/h4,6,8-10,12,16-17,21-24,26,29-30,33,37,51H,5,7,11,13-15,18-20H2,1-3H3,(H,42,52)(H,43,53)(H,44,45)/b6-4?,9-8+,25-16?. The monoisotopic (exact) mass is 785 g/mol. The number of pyridine rings is 1. The lowest BCUT2D eigenvalue weighted by Crippen LogP contribution is -2.44. The highest BCUT2D eigenvalue weighted by Crippen LogP contribution is 2.27. The van der Waals surface area contributed by atoms with Crippen LogP contribution in [0.25, 0.3) is 22.3 Å². The summed E-state index contributed by atoms with van der Waals surface area (Å²) in [6.07, 6.45) is 11.0. The number of nitrogens with one attached hydrogen (secondary N) is 3. The fourth-order valence-corrected chi connectivity index (χ4v) is 6.98. The van der Waals surface area contributed by atoms with Gasteiger partial charge in [0.05, 0.1) is 25.3 Å². The van der Waals surface area contributed by atoms with Crippen LogP contribution in [0.3, 0.4) is 0 Å². The highest BCUT2D eigenvalue weighted by Gasteiger charge is 2.39. The lowest BCUT2D eigenvalue weighted by Gasteiger charge is -2.30. The summed E-state index contributed by atoms with van der Waals surface area (Å²) in [7, 11) is 0. The Bertz CT molecular complexity index is 2140. The predicted octanol–water partition coefficient (Wildman–Crippen LogP) is 3.62. The minimum absolute atomic E-state index is 0.00640. The number of nitrogens with zero attached hydrogens (tertiary/aromatic N) is 6. The van der Waals surface area contributed by atoms with E-state index in [1.807, 2.05) is 32.2 Å². The number of ether oxygens (including phenoxy) is 1. The molecule has 6 rings (SSSR count). The number of aliphatic hydroxyl groups is 1. The number of amides is 3. The van der Waals surface area contributed by atoms with Gasteiger partial charge in [-0.15, -0.1) is 5.10 Å². The Morgan fingerprint density at radius 1 is 1.19 bits per heavy atom. The number of aliphatic hydroxyl groups excluding tert-OH is 1. The molecule has 2 bridgehead atoms. The molecule has 2 aliphatic heterocycles. The smallest absolute Gasteiger partial charge is 0.329 e. The van der Waals surface area contributed by atoms with E-state index in [4.69, 9.17) is 9.15 Å². The lowest BCUT2D eigenvalue weighted by atomic mass is 9.89. The van der Waals surface area contributed by atoms with Gasteiger partial charge < -0.3 is 34.8 Å². The number of oxazole rings is 1. The Kier molecular flexibility index (Phi) is 13.4. The number of aromatic nitrogens is 6. The van der Waals surface area contributed by atoms with Crippen molar-refractivity contribution in [2.24, 2.45) is 11.8 Å². The third kappa shape index (κ3) is 10.9.